The van der Waals surface area contributed by atoms with Gasteiger partial charge in [-0.3, -0.25) is 0 Å². The molecule has 1 rings (SSSR count). The fraction of sp³-hybridized carbons (Fsp3) is 0.333. The molecule has 0 bridgehead atoms. The maximum atomic E-state index is 5.39. The van der Waals surface area contributed by atoms with Gasteiger partial charge in [0.2, 0.25) is 0 Å². The zero-order valence-electron chi connectivity index (χ0n) is 5.74. The highest BCUT2D eigenvalue weighted by Crippen LogP contribution is 2.03. The number of hydrogen-bond donors (Lipinski definition) is 1. The van der Waals surface area contributed by atoms with Crippen molar-refractivity contribution >= 4 is 17.4 Å². The van der Waals surface area contributed by atoms with Crippen LogP contribution in [0, 0.1) is 0 Å². The minimum atomic E-state index is 0.616. The summed E-state index contributed by atoms with van der Waals surface area (Å²) in [6, 6.07) is 0. The van der Waals surface area contributed by atoms with Crippen molar-refractivity contribution in [2.75, 3.05) is 12.0 Å². The molecule has 0 radical (unpaired) electrons. The van der Waals surface area contributed by atoms with E-state index >= 15 is 0 Å². The topological polar surface area (TPSA) is 51.8 Å². The number of nitrogen functional groups attached to an aromatic ring is 1. The summed E-state index contributed by atoms with van der Waals surface area (Å²) in [5.74, 6) is 1.68. The maximum Gasteiger partial charge on any atom is 0.138 e. The number of hydrogen-bond acceptors (Lipinski definition) is 4. The molecule has 0 amide bonds. The molecule has 0 saturated heterocycles. The van der Waals surface area contributed by atoms with E-state index in [1.54, 1.807) is 24.2 Å². The van der Waals surface area contributed by atoms with Crippen molar-refractivity contribution in [1.82, 2.24) is 9.97 Å². The maximum absolute atomic E-state index is 5.39. The quantitative estimate of drug-likeness (QED) is 0.690. The van der Waals surface area contributed by atoms with Gasteiger partial charge in [-0.15, -0.1) is 0 Å². The Balaban J connectivity index is 2.69. The first kappa shape index (κ1) is 7.34. The molecular weight excluding hydrogens is 146 g/mol. The third-order valence-electron chi connectivity index (χ3n) is 0.999. The van der Waals surface area contributed by atoms with Gasteiger partial charge in [0.05, 0.1) is 23.8 Å². The first-order chi connectivity index (χ1) is 4.83. The fourth-order valence-electron chi connectivity index (χ4n) is 0.568. The van der Waals surface area contributed by atoms with Crippen molar-refractivity contribution in [2.24, 2.45) is 0 Å². The molecule has 2 N–H and O–H groups in total. The predicted octanol–water partition coefficient (Wildman–Crippen LogP) is 0.922. The Morgan fingerprint density at radius 3 is 2.60 bits per heavy atom. The number of nitrogens with two attached hydrogens (primary N) is 1. The van der Waals surface area contributed by atoms with Gasteiger partial charge in [-0.05, 0) is 6.26 Å². The van der Waals surface area contributed by atoms with Gasteiger partial charge >= 0.3 is 0 Å². The lowest BCUT2D eigenvalue weighted by Crippen LogP contribution is -1.93. The standard InChI is InChI=1S/C6H9N3S/c1-10-4-6-8-2-5(7)3-9-6/h2-3H,4,7H2,1H3. The van der Waals surface area contributed by atoms with Crippen molar-refractivity contribution in [3.8, 4) is 0 Å². The number of anilines is 1. The van der Waals surface area contributed by atoms with E-state index in [-0.39, 0.29) is 0 Å². The Morgan fingerprint density at radius 1 is 1.50 bits per heavy atom. The zero-order chi connectivity index (χ0) is 7.40. The molecule has 0 unspecified atom stereocenters. The fourth-order valence-corrected chi connectivity index (χ4v) is 0.976. The molecular formula is C6H9N3S. The summed E-state index contributed by atoms with van der Waals surface area (Å²) in [5, 5.41) is 0. The third kappa shape index (κ3) is 1.88. The Kier molecular flexibility index (Phi) is 2.50. The van der Waals surface area contributed by atoms with Gasteiger partial charge in [-0.1, -0.05) is 0 Å². The Bertz CT molecular complexity index is 197. The van der Waals surface area contributed by atoms with E-state index in [9.17, 15) is 0 Å². The van der Waals surface area contributed by atoms with Crippen molar-refractivity contribution < 1.29 is 0 Å². The van der Waals surface area contributed by atoms with Gasteiger partial charge in [0.1, 0.15) is 5.82 Å². The summed E-state index contributed by atoms with van der Waals surface area (Å²) in [5.41, 5.74) is 6.01. The predicted molar refractivity (Wildman–Crippen MR) is 43.7 cm³/mol. The van der Waals surface area contributed by atoms with E-state index in [0.29, 0.717) is 5.69 Å². The van der Waals surface area contributed by atoms with Gasteiger partial charge in [-0.2, -0.15) is 11.8 Å². The van der Waals surface area contributed by atoms with Crippen LogP contribution in [-0.2, 0) is 5.75 Å². The third-order valence-corrected chi connectivity index (χ3v) is 1.55. The van der Waals surface area contributed by atoms with Crippen LogP contribution >= 0.6 is 11.8 Å². The number of rotatable bonds is 2. The van der Waals surface area contributed by atoms with Crippen LogP contribution in [-0.4, -0.2) is 16.2 Å². The van der Waals surface area contributed by atoms with E-state index in [1.165, 1.54) is 0 Å². The first-order valence-corrected chi connectivity index (χ1v) is 4.27. The smallest absolute Gasteiger partial charge is 0.138 e. The first-order valence-electron chi connectivity index (χ1n) is 2.88. The van der Waals surface area contributed by atoms with Crippen LogP contribution < -0.4 is 5.73 Å². The minimum absolute atomic E-state index is 0.616. The highest BCUT2D eigenvalue weighted by Gasteiger charge is 1.91. The molecule has 0 aliphatic carbocycles. The monoisotopic (exact) mass is 155 g/mol. The number of thioether (sulfide) groups is 1. The molecule has 54 valence electrons. The summed E-state index contributed by atoms with van der Waals surface area (Å²) < 4.78 is 0. The van der Waals surface area contributed by atoms with Crippen LogP contribution in [0.4, 0.5) is 5.69 Å². The summed E-state index contributed by atoms with van der Waals surface area (Å²) in [4.78, 5) is 8.02. The van der Waals surface area contributed by atoms with Crippen molar-refractivity contribution in [1.29, 1.82) is 0 Å². The Labute approximate surface area is 64.1 Å². The van der Waals surface area contributed by atoms with Crippen LogP contribution in [0.3, 0.4) is 0 Å². The van der Waals surface area contributed by atoms with Crippen molar-refractivity contribution in [2.45, 2.75) is 5.75 Å². The molecule has 0 aliphatic heterocycles. The average molecular weight is 155 g/mol. The van der Waals surface area contributed by atoms with Crippen molar-refractivity contribution in [3.05, 3.63) is 18.2 Å². The van der Waals surface area contributed by atoms with E-state index in [1.807, 2.05) is 6.26 Å². The van der Waals surface area contributed by atoms with E-state index < -0.39 is 0 Å². The van der Waals surface area contributed by atoms with E-state index in [0.717, 1.165) is 11.6 Å². The zero-order valence-corrected chi connectivity index (χ0v) is 6.56. The van der Waals surface area contributed by atoms with Crippen LogP contribution in [0.25, 0.3) is 0 Å². The molecule has 0 atom stereocenters. The highest BCUT2D eigenvalue weighted by atomic mass is 32.2. The summed E-state index contributed by atoms with van der Waals surface area (Å²) >= 11 is 1.69. The molecule has 0 saturated carbocycles. The van der Waals surface area contributed by atoms with Crippen LogP contribution in [0.15, 0.2) is 12.4 Å². The van der Waals surface area contributed by atoms with Gasteiger partial charge in [0.25, 0.3) is 0 Å². The van der Waals surface area contributed by atoms with Crippen LogP contribution in [0.5, 0.6) is 0 Å². The summed E-state index contributed by atoms with van der Waals surface area (Å²) in [6.07, 6.45) is 5.26. The lowest BCUT2D eigenvalue weighted by molar-refractivity contribution is 1.04. The average Bonchev–Trinajstić information content (AvgIpc) is 1.95. The number of aromatic nitrogens is 2. The lowest BCUT2D eigenvalue weighted by atomic mass is 10.5. The van der Waals surface area contributed by atoms with Gasteiger partial charge in [0.15, 0.2) is 0 Å². The van der Waals surface area contributed by atoms with Crippen molar-refractivity contribution in [3.63, 3.8) is 0 Å². The van der Waals surface area contributed by atoms with Crippen LogP contribution in [0.2, 0.25) is 0 Å². The lowest BCUT2D eigenvalue weighted by Gasteiger charge is -1.95. The Hall–Kier alpha value is -0.770. The molecule has 0 aliphatic rings. The number of nitrogens with zero attached hydrogens (tertiary/aromatic N) is 2. The Morgan fingerprint density at radius 2 is 2.10 bits per heavy atom. The molecule has 0 aromatic carbocycles. The van der Waals surface area contributed by atoms with E-state index in [2.05, 4.69) is 9.97 Å². The SMILES string of the molecule is CSCc1ncc(N)cn1. The molecule has 0 fully saturated rings. The second-order valence-corrected chi connectivity index (χ2v) is 2.73. The molecule has 3 nitrogen and oxygen atoms in total. The minimum Gasteiger partial charge on any atom is -0.396 e. The molecule has 4 heteroatoms. The second kappa shape index (κ2) is 3.41. The molecule has 1 heterocycles. The molecule has 1 aromatic rings. The van der Waals surface area contributed by atoms with Crippen LogP contribution in [0.1, 0.15) is 5.82 Å². The molecule has 1 aromatic heterocycles. The van der Waals surface area contributed by atoms with E-state index in [4.69, 9.17) is 5.73 Å². The molecule has 10 heavy (non-hydrogen) atoms. The molecule has 0 spiro atoms. The van der Waals surface area contributed by atoms with Gasteiger partial charge < -0.3 is 5.73 Å². The largest absolute Gasteiger partial charge is 0.396 e. The van der Waals surface area contributed by atoms with Gasteiger partial charge in [0, 0.05) is 0 Å². The second-order valence-electron chi connectivity index (χ2n) is 1.87. The normalized spacial score (nSPS) is 9.70. The highest BCUT2D eigenvalue weighted by molar-refractivity contribution is 7.97. The summed E-state index contributed by atoms with van der Waals surface area (Å²) in [6.45, 7) is 0. The van der Waals surface area contributed by atoms with Gasteiger partial charge in [-0.25, -0.2) is 9.97 Å². The summed E-state index contributed by atoms with van der Waals surface area (Å²) in [7, 11) is 0.